The number of nitrogens with zero attached hydrogens (tertiary/aromatic N) is 1. The van der Waals surface area contributed by atoms with E-state index in [1.54, 1.807) is 12.2 Å². The number of carbonyl (C=O) groups excluding carboxylic acids is 1. The Kier molecular flexibility index (Phi) is 3.89. The summed E-state index contributed by atoms with van der Waals surface area (Å²) in [5, 5.41) is 0. The van der Waals surface area contributed by atoms with Crippen molar-refractivity contribution in [1.29, 1.82) is 0 Å². The molecule has 1 aromatic heterocycles. The Balaban J connectivity index is 1.60. The molecule has 2 fully saturated rings. The zero-order valence-corrected chi connectivity index (χ0v) is 12.9. The SMILES string of the molecule is CC1CN(C(=O)/C=C/c2ccc(C3CC3C)o2)CC(C)O1. The molecular weight excluding hydrogens is 266 g/mol. The molecular formula is C17H23NO3. The first-order valence-electron chi connectivity index (χ1n) is 7.75. The van der Waals surface area contributed by atoms with E-state index in [1.165, 1.54) is 6.42 Å². The molecule has 4 nitrogen and oxygen atoms in total. The van der Waals surface area contributed by atoms with Crippen LogP contribution in [0.25, 0.3) is 6.08 Å². The smallest absolute Gasteiger partial charge is 0.246 e. The number of furan rings is 1. The third-order valence-electron chi connectivity index (χ3n) is 4.24. The molecule has 0 bridgehead atoms. The molecule has 114 valence electrons. The van der Waals surface area contributed by atoms with Crippen molar-refractivity contribution in [2.45, 2.75) is 45.3 Å². The molecule has 4 heteroatoms. The van der Waals surface area contributed by atoms with Crippen molar-refractivity contribution >= 4 is 12.0 Å². The zero-order chi connectivity index (χ0) is 15.0. The highest BCUT2D eigenvalue weighted by atomic mass is 16.5. The van der Waals surface area contributed by atoms with Crippen LogP contribution in [0, 0.1) is 5.92 Å². The first-order valence-corrected chi connectivity index (χ1v) is 7.75. The Morgan fingerprint density at radius 1 is 1.24 bits per heavy atom. The second-order valence-electron chi connectivity index (χ2n) is 6.39. The van der Waals surface area contributed by atoms with Gasteiger partial charge in [-0.1, -0.05) is 6.92 Å². The second kappa shape index (κ2) is 5.68. The van der Waals surface area contributed by atoms with Crippen molar-refractivity contribution in [3.8, 4) is 0 Å². The molecule has 2 heterocycles. The number of hydrogen-bond donors (Lipinski definition) is 0. The zero-order valence-electron chi connectivity index (χ0n) is 12.9. The molecule has 0 radical (unpaired) electrons. The van der Waals surface area contributed by atoms with Gasteiger partial charge in [0.05, 0.1) is 12.2 Å². The molecule has 4 atom stereocenters. The lowest BCUT2D eigenvalue weighted by Crippen LogP contribution is -2.47. The highest BCUT2D eigenvalue weighted by Crippen LogP contribution is 2.47. The summed E-state index contributed by atoms with van der Waals surface area (Å²) in [6.45, 7) is 7.52. The van der Waals surface area contributed by atoms with Crippen molar-refractivity contribution in [2.24, 2.45) is 5.92 Å². The number of carbonyl (C=O) groups is 1. The Morgan fingerprint density at radius 2 is 1.90 bits per heavy atom. The van der Waals surface area contributed by atoms with E-state index in [0.29, 0.717) is 19.0 Å². The van der Waals surface area contributed by atoms with E-state index in [4.69, 9.17) is 9.15 Å². The van der Waals surface area contributed by atoms with Crippen LogP contribution in [-0.2, 0) is 9.53 Å². The Hall–Kier alpha value is -1.55. The van der Waals surface area contributed by atoms with Gasteiger partial charge in [-0.25, -0.2) is 0 Å². The average molecular weight is 289 g/mol. The van der Waals surface area contributed by atoms with Crippen molar-refractivity contribution < 1.29 is 13.9 Å². The van der Waals surface area contributed by atoms with Gasteiger partial charge in [-0.3, -0.25) is 4.79 Å². The summed E-state index contributed by atoms with van der Waals surface area (Å²) in [6, 6.07) is 3.96. The number of amides is 1. The van der Waals surface area contributed by atoms with Gasteiger partial charge < -0.3 is 14.1 Å². The maximum absolute atomic E-state index is 12.2. The molecule has 4 unspecified atom stereocenters. The minimum Gasteiger partial charge on any atom is -0.461 e. The topological polar surface area (TPSA) is 42.7 Å². The highest BCUT2D eigenvalue weighted by Gasteiger charge is 2.36. The predicted molar refractivity (Wildman–Crippen MR) is 80.9 cm³/mol. The van der Waals surface area contributed by atoms with Gasteiger partial charge in [0.2, 0.25) is 5.91 Å². The Morgan fingerprint density at radius 3 is 2.52 bits per heavy atom. The summed E-state index contributed by atoms with van der Waals surface area (Å²) >= 11 is 0. The van der Waals surface area contributed by atoms with Crippen molar-refractivity contribution in [2.75, 3.05) is 13.1 Å². The number of rotatable bonds is 3. The third-order valence-corrected chi connectivity index (χ3v) is 4.24. The standard InChI is InChI=1S/C17H23NO3/c1-11-8-15(11)16-6-4-14(21-16)5-7-17(19)18-9-12(2)20-13(3)10-18/h4-7,11-13,15H,8-10H2,1-3H3/b7-5+. The lowest BCUT2D eigenvalue weighted by atomic mass is 10.2. The molecule has 21 heavy (non-hydrogen) atoms. The van der Waals surface area contributed by atoms with E-state index < -0.39 is 0 Å². The van der Waals surface area contributed by atoms with E-state index in [2.05, 4.69) is 6.92 Å². The number of morpholine rings is 1. The maximum atomic E-state index is 12.2. The van der Waals surface area contributed by atoms with Gasteiger partial charge in [-0.15, -0.1) is 0 Å². The Bertz CT molecular complexity index is 538. The largest absolute Gasteiger partial charge is 0.461 e. The maximum Gasteiger partial charge on any atom is 0.246 e. The fourth-order valence-electron chi connectivity index (χ4n) is 2.99. The third kappa shape index (κ3) is 3.38. The van der Waals surface area contributed by atoms with Crippen LogP contribution < -0.4 is 0 Å². The van der Waals surface area contributed by atoms with Gasteiger partial charge >= 0.3 is 0 Å². The fourth-order valence-corrected chi connectivity index (χ4v) is 2.99. The second-order valence-corrected chi connectivity index (χ2v) is 6.39. The minimum absolute atomic E-state index is 0.0229. The summed E-state index contributed by atoms with van der Waals surface area (Å²) < 4.78 is 11.4. The van der Waals surface area contributed by atoms with Gasteiger partial charge in [0.1, 0.15) is 11.5 Å². The quantitative estimate of drug-likeness (QED) is 0.803. The van der Waals surface area contributed by atoms with Gasteiger partial charge in [0, 0.05) is 25.1 Å². The summed E-state index contributed by atoms with van der Waals surface area (Å²) in [5.74, 6) is 3.12. The van der Waals surface area contributed by atoms with Gasteiger partial charge in [-0.05, 0) is 44.4 Å². The molecule has 1 aromatic rings. The molecule has 2 aliphatic rings. The molecule has 0 N–H and O–H groups in total. The van der Waals surface area contributed by atoms with Crippen molar-refractivity contribution in [3.63, 3.8) is 0 Å². The van der Waals surface area contributed by atoms with Crippen LogP contribution in [0.4, 0.5) is 0 Å². The number of ether oxygens (including phenoxy) is 1. The fraction of sp³-hybridized carbons (Fsp3) is 0.588. The molecule has 0 spiro atoms. The van der Waals surface area contributed by atoms with E-state index in [1.807, 2.05) is 30.9 Å². The van der Waals surface area contributed by atoms with Crippen LogP contribution in [0.1, 0.15) is 44.6 Å². The molecule has 1 saturated carbocycles. The molecule has 1 aliphatic carbocycles. The summed E-state index contributed by atoms with van der Waals surface area (Å²) in [4.78, 5) is 14.0. The van der Waals surface area contributed by atoms with Crippen LogP contribution in [-0.4, -0.2) is 36.1 Å². The van der Waals surface area contributed by atoms with Crippen LogP contribution >= 0.6 is 0 Å². The summed E-state index contributed by atoms with van der Waals surface area (Å²) in [6.07, 6.45) is 4.77. The highest BCUT2D eigenvalue weighted by molar-refractivity contribution is 5.91. The van der Waals surface area contributed by atoms with Gasteiger partial charge in [-0.2, -0.15) is 0 Å². The predicted octanol–water partition coefficient (Wildman–Crippen LogP) is 3.05. The van der Waals surface area contributed by atoms with E-state index in [9.17, 15) is 4.79 Å². The summed E-state index contributed by atoms with van der Waals surface area (Å²) in [7, 11) is 0. The van der Waals surface area contributed by atoms with Crippen molar-refractivity contribution in [1.82, 2.24) is 4.90 Å². The van der Waals surface area contributed by atoms with E-state index in [0.717, 1.165) is 17.4 Å². The molecule has 3 rings (SSSR count). The normalized spacial score (nSPS) is 32.6. The number of hydrogen-bond acceptors (Lipinski definition) is 3. The first kappa shape index (κ1) is 14.4. The average Bonchev–Trinajstić information content (AvgIpc) is 2.98. The van der Waals surface area contributed by atoms with E-state index in [-0.39, 0.29) is 18.1 Å². The molecule has 0 aromatic carbocycles. The molecule has 1 amide bonds. The first-order chi connectivity index (χ1) is 10.0. The Labute approximate surface area is 125 Å². The lowest BCUT2D eigenvalue weighted by molar-refractivity contribution is -0.137. The monoisotopic (exact) mass is 289 g/mol. The molecule has 1 saturated heterocycles. The van der Waals surface area contributed by atoms with Crippen LogP contribution in [0.5, 0.6) is 0 Å². The van der Waals surface area contributed by atoms with Crippen LogP contribution in [0.3, 0.4) is 0 Å². The van der Waals surface area contributed by atoms with Crippen LogP contribution in [0.15, 0.2) is 22.6 Å². The molecule has 1 aliphatic heterocycles. The van der Waals surface area contributed by atoms with Gasteiger partial charge in [0.15, 0.2) is 0 Å². The summed E-state index contributed by atoms with van der Waals surface area (Å²) in [5.41, 5.74) is 0. The van der Waals surface area contributed by atoms with Crippen LogP contribution in [0.2, 0.25) is 0 Å². The van der Waals surface area contributed by atoms with Crippen molar-refractivity contribution in [3.05, 3.63) is 29.7 Å². The van der Waals surface area contributed by atoms with E-state index >= 15 is 0 Å². The minimum atomic E-state index is 0.0229. The van der Waals surface area contributed by atoms with Gasteiger partial charge in [0.25, 0.3) is 0 Å². The lowest BCUT2D eigenvalue weighted by Gasteiger charge is -2.34.